The first kappa shape index (κ1) is 16.5. The third-order valence-corrected chi connectivity index (χ3v) is 3.60. The van der Waals surface area contributed by atoms with Gasteiger partial charge in [-0.2, -0.15) is 0 Å². The number of hydrogen-bond donors (Lipinski definition) is 1. The number of hydrogen-bond acceptors (Lipinski definition) is 3. The van der Waals surface area contributed by atoms with Crippen LogP contribution < -0.4 is 5.32 Å². The molecule has 5 nitrogen and oxygen atoms in total. The molecule has 1 aliphatic heterocycles. The van der Waals surface area contributed by atoms with Gasteiger partial charge in [0.15, 0.2) is 0 Å². The van der Waals surface area contributed by atoms with E-state index in [1.807, 2.05) is 27.7 Å². The van der Waals surface area contributed by atoms with Gasteiger partial charge < -0.3 is 15.0 Å². The molecule has 2 amide bonds. The van der Waals surface area contributed by atoms with Gasteiger partial charge >= 0.3 is 0 Å². The van der Waals surface area contributed by atoms with E-state index in [1.54, 1.807) is 29.2 Å². The summed E-state index contributed by atoms with van der Waals surface area (Å²) in [7, 11) is 0. The number of morpholine rings is 1. The van der Waals surface area contributed by atoms with Crippen molar-refractivity contribution in [2.24, 2.45) is 5.41 Å². The second-order valence-electron chi connectivity index (χ2n) is 6.71. The number of benzene rings is 1. The van der Waals surface area contributed by atoms with Crippen molar-refractivity contribution in [3.05, 3.63) is 29.8 Å². The second kappa shape index (κ2) is 6.48. The average molecular weight is 304 g/mol. The van der Waals surface area contributed by atoms with Crippen LogP contribution in [0.2, 0.25) is 0 Å². The van der Waals surface area contributed by atoms with E-state index in [0.29, 0.717) is 30.9 Å². The summed E-state index contributed by atoms with van der Waals surface area (Å²) in [6, 6.07) is 7.03. The summed E-state index contributed by atoms with van der Waals surface area (Å²) in [5, 5.41) is 2.85. The summed E-state index contributed by atoms with van der Waals surface area (Å²) in [6.07, 6.45) is 0.0723. The maximum atomic E-state index is 12.4. The Hall–Kier alpha value is -1.88. The molecule has 0 aromatic heterocycles. The minimum atomic E-state index is -0.446. The number of carbonyl (C=O) groups is 2. The smallest absolute Gasteiger partial charge is 0.254 e. The van der Waals surface area contributed by atoms with Gasteiger partial charge in [0.1, 0.15) is 0 Å². The Morgan fingerprint density at radius 3 is 2.41 bits per heavy atom. The van der Waals surface area contributed by atoms with Crippen molar-refractivity contribution < 1.29 is 14.3 Å². The average Bonchev–Trinajstić information content (AvgIpc) is 2.46. The molecule has 1 aliphatic rings. The van der Waals surface area contributed by atoms with Gasteiger partial charge in [0.2, 0.25) is 5.91 Å². The Balaban J connectivity index is 2.02. The van der Waals surface area contributed by atoms with Gasteiger partial charge in [-0.1, -0.05) is 20.8 Å². The van der Waals surface area contributed by atoms with Gasteiger partial charge in [-0.05, 0) is 31.2 Å². The Bertz CT molecular complexity index is 546. The number of carbonyl (C=O) groups excluding carboxylic acids is 2. The lowest BCUT2D eigenvalue weighted by atomic mass is 9.95. The highest BCUT2D eigenvalue weighted by molar-refractivity contribution is 5.97. The van der Waals surface area contributed by atoms with Crippen LogP contribution in [-0.4, -0.2) is 42.5 Å². The van der Waals surface area contributed by atoms with Gasteiger partial charge in [0.25, 0.3) is 5.91 Å². The predicted molar refractivity (Wildman–Crippen MR) is 85.8 cm³/mol. The van der Waals surface area contributed by atoms with Crippen LogP contribution in [0.1, 0.15) is 38.1 Å². The zero-order valence-corrected chi connectivity index (χ0v) is 13.7. The minimum absolute atomic E-state index is 0.00356. The third-order valence-electron chi connectivity index (χ3n) is 3.60. The summed E-state index contributed by atoms with van der Waals surface area (Å²) in [4.78, 5) is 26.2. The summed E-state index contributed by atoms with van der Waals surface area (Å²) in [6.45, 7) is 9.35. The number of amides is 2. The Morgan fingerprint density at radius 2 is 1.86 bits per heavy atom. The van der Waals surface area contributed by atoms with E-state index >= 15 is 0 Å². The number of rotatable bonds is 2. The fourth-order valence-corrected chi connectivity index (χ4v) is 2.20. The quantitative estimate of drug-likeness (QED) is 0.913. The lowest BCUT2D eigenvalue weighted by molar-refractivity contribution is -0.123. The van der Waals surface area contributed by atoms with E-state index < -0.39 is 5.41 Å². The standard InChI is InChI=1S/C17H24N2O3/c1-12-11-19(9-10-22-12)15(20)13-5-7-14(8-6-13)18-16(21)17(2,3)4/h5-8,12H,9-11H2,1-4H3,(H,18,21). The lowest BCUT2D eigenvalue weighted by Gasteiger charge is -2.31. The normalized spacial score (nSPS) is 18.9. The number of nitrogens with one attached hydrogen (secondary N) is 1. The predicted octanol–water partition coefficient (Wildman–Crippen LogP) is 2.53. The molecule has 22 heavy (non-hydrogen) atoms. The van der Waals surface area contributed by atoms with Crippen molar-refractivity contribution in [3.63, 3.8) is 0 Å². The maximum Gasteiger partial charge on any atom is 0.254 e. The summed E-state index contributed by atoms with van der Waals surface area (Å²) in [5.41, 5.74) is 0.882. The minimum Gasteiger partial charge on any atom is -0.375 e. The number of ether oxygens (including phenoxy) is 1. The van der Waals surface area contributed by atoms with E-state index in [1.165, 1.54) is 0 Å². The zero-order valence-electron chi connectivity index (χ0n) is 13.7. The van der Waals surface area contributed by atoms with E-state index in [4.69, 9.17) is 4.74 Å². The van der Waals surface area contributed by atoms with Crippen LogP contribution in [0.3, 0.4) is 0 Å². The molecule has 0 saturated carbocycles. The van der Waals surface area contributed by atoms with E-state index in [-0.39, 0.29) is 17.9 Å². The summed E-state index contributed by atoms with van der Waals surface area (Å²) < 4.78 is 5.45. The first-order chi connectivity index (χ1) is 10.3. The Kier molecular flexibility index (Phi) is 4.86. The van der Waals surface area contributed by atoms with Gasteiger partial charge in [-0.15, -0.1) is 0 Å². The van der Waals surface area contributed by atoms with Crippen LogP contribution in [0, 0.1) is 5.41 Å². The zero-order chi connectivity index (χ0) is 16.3. The van der Waals surface area contributed by atoms with Crippen LogP contribution in [0.5, 0.6) is 0 Å². The van der Waals surface area contributed by atoms with Gasteiger partial charge in [-0.25, -0.2) is 0 Å². The summed E-state index contributed by atoms with van der Waals surface area (Å²) in [5.74, 6) is -0.0440. The first-order valence-corrected chi connectivity index (χ1v) is 7.60. The highest BCUT2D eigenvalue weighted by Gasteiger charge is 2.23. The molecule has 0 aliphatic carbocycles. The second-order valence-corrected chi connectivity index (χ2v) is 6.71. The van der Waals surface area contributed by atoms with Crippen molar-refractivity contribution in [2.75, 3.05) is 25.0 Å². The molecule has 1 aromatic rings. The lowest BCUT2D eigenvalue weighted by Crippen LogP contribution is -2.44. The van der Waals surface area contributed by atoms with E-state index in [0.717, 1.165) is 0 Å². The molecule has 0 bridgehead atoms. The SMILES string of the molecule is CC1CN(C(=O)c2ccc(NC(=O)C(C)(C)C)cc2)CCO1. The largest absolute Gasteiger partial charge is 0.375 e. The van der Waals surface area contributed by atoms with Crippen LogP contribution in [0.25, 0.3) is 0 Å². The molecular weight excluding hydrogens is 280 g/mol. The molecule has 1 unspecified atom stereocenters. The fraction of sp³-hybridized carbons (Fsp3) is 0.529. The highest BCUT2D eigenvalue weighted by Crippen LogP contribution is 2.18. The van der Waals surface area contributed by atoms with Crippen molar-refractivity contribution in [1.82, 2.24) is 4.90 Å². The van der Waals surface area contributed by atoms with E-state index in [2.05, 4.69) is 5.32 Å². The monoisotopic (exact) mass is 304 g/mol. The molecule has 0 spiro atoms. The highest BCUT2D eigenvalue weighted by atomic mass is 16.5. The molecule has 2 rings (SSSR count). The maximum absolute atomic E-state index is 12.4. The van der Waals surface area contributed by atoms with Gasteiger partial charge in [0.05, 0.1) is 12.7 Å². The Labute approximate surface area is 131 Å². The number of nitrogens with zero attached hydrogens (tertiary/aromatic N) is 1. The molecule has 1 fully saturated rings. The van der Waals surface area contributed by atoms with Gasteiger partial charge in [-0.3, -0.25) is 9.59 Å². The molecule has 5 heteroatoms. The fourth-order valence-electron chi connectivity index (χ4n) is 2.20. The Morgan fingerprint density at radius 1 is 1.23 bits per heavy atom. The van der Waals surface area contributed by atoms with Crippen molar-refractivity contribution in [2.45, 2.75) is 33.8 Å². The molecule has 120 valence electrons. The van der Waals surface area contributed by atoms with Crippen LogP contribution in [-0.2, 0) is 9.53 Å². The first-order valence-electron chi connectivity index (χ1n) is 7.60. The van der Waals surface area contributed by atoms with E-state index in [9.17, 15) is 9.59 Å². The topological polar surface area (TPSA) is 58.6 Å². The van der Waals surface area contributed by atoms with Crippen LogP contribution >= 0.6 is 0 Å². The van der Waals surface area contributed by atoms with Crippen molar-refractivity contribution in [3.8, 4) is 0 Å². The number of anilines is 1. The molecule has 1 atom stereocenters. The molecule has 1 N–H and O–H groups in total. The molecule has 0 radical (unpaired) electrons. The molecule has 1 heterocycles. The van der Waals surface area contributed by atoms with Crippen LogP contribution in [0.15, 0.2) is 24.3 Å². The van der Waals surface area contributed by atoms with Gasteiger partial charge in [0, 0.05) is 29.8 Å². The van der Waals surface area contributed by atoms with Crippen LogP contribution in [0.4, 0.5) is 5.69 Å². The third kappa shape index (κ3) is 4.07. The molecular formula is C17H24N2O3. The summed E-state index contributed by atoms with van der Waals surface area (Å²) >= 11 is 0. The molecule has 1 aromatic carbocycles. The van der Waals surface area contributed by atoms with Crippen molar-refractivity contribution in [1.29, 1.82) is 0 Å². The van der Waals surface area contributed by atoms with Crippen molar-refractivity contribution >= 4 is 17.5 Å². The molecule has 1 saturated heterocycles.